The Hall–Kier alpha value is -1.62. The minimum Gasteiger partial charge on any atom is -0.444 e. The zero-order valence-electron chi connectivity index (χ0n) is 17.3. The largest absolute Gasteiger partial charge is 0.444 e. The summed E-state index contributed by atoms with van der Waals surface area (Å²) in [7, 11) is 1.71. The molecule has 0 atom stereocenters. The maximum atomic E-state index is 12.3. The Morgan fingerprint density at radius 2 is 1.56 bits per heavy atom. The van der Waals surface area contributed by atoms with E-state index in [2.05, 4.69) is 5.32 Å². The SMILES string of the molecule is CCCNC(=O)OC(C)(C)C.COC(C)(C)C.Cc1ccccc1F. The number of nitrogens with one attached hydrogen (secondary N) is 1. The maximum Gasteiger partial charge on any atom is 0.407 e. The van der Waals surface area contributed by atoms with Crippen LogP contribution >= 0.6 is 0 Å². The number of carbonyl (C=O) groups excluding carboxylic acids is 1. The van der Waals surface area contributed by atoms with Gasteiger partial charge in [0.25, 0.3) is 0 Å². The Kier molecular flexibility index (Phi) is 13.0. The third kappa shape index (κ3) is 20.3. The Morgan fingerprint density at radius 3 is 1.84 bits per heavy atom. The minimum absolute atomic E-state index is 0.0417. The summed E-state index contributed by atoms with van der Waals surface area (Å²) in [6, 6.07) is 6.70. The molecule has 0 radical (unpaired) electrons. The molecule has 146 valence electrons. The summed E-state index contributed by atoms with van der Waals surface area (Å²) in [5, 5.41) is 2.63. The molecule has 1 amide bonds. The quantitative estimate of drug-likeness (QED) is 0.761. The number of halogens is 1. The van der Waals surface area contributed by atoms with Gasteiger partial charge in [0.15, 0.2) is 0 Å². The van der Waals surface area contributed by atoms with Crippen molar-refractivity contribution in [1.29, 1.82) is 0 Å². The van der Waals surface area contributed by atoms with Gasteiger partial charge in [-0.2, -0.15) is 0 Å². The van der Waals surface area contributed by atoms with E-state index in [0.717, 1.165) is 6.42 Å². The molecule has 0 spiro atoms. The molecule has 0 unspecified atom stereocenters. The van der Waals surface area contributed by atoms with Crippen LogP contribution in [0.1, 0.15) is 60.5 Å². The first kappa shape index (κ1) is 25.6. The molecule has 0 saturated heterocycles. The molecule has 4 nitrogen and oxygen atoms in total. The highest BCUT2D eigenvalue weighted by atomic mass is 19.1. The highest BCUT2D eigenvalue weighted by Crippen LogP contribution is 2.06. The van der Waals surface area contributed by atoms with E-state index in [-0.39, 0.29) is 17.5 Å². The summed E-state index contributed by atoms with van der Waals surface area (Å²) < 4.78 is 22.2. The van der Waals surface area contributed by atoms with Gasteiger partial charge in [-0.05, 0) is 66.5 Å². The van der Waals surface area contributed by atoms with Gasteiger partial charge in [0.1, 0.15) is 11.4 Å². The van der Waals surface area contributed by atoms with Crippen molar-refractivity contribution >= 4 is 6.09 Å². The topological polar surface area (TPSA) is 47.6 Å². The number of hydrogen-bond acceptors (Lipinski definition) is 3. The number of alkyl carbamates (subject to hydrolysis) is 1. The second-order valence-corrected chi connectivity index (χ2v) is 7.49. The number of rotatable bonds is 2. The molecule has 0 heterocycles. The van der Waals surface area contributed by atoms with Crippen LogP contribution in [0.2, 0.25) is 0 Å². The molecule has 0 fully saturated rings. The van der Waals surface area contributed by atoms with Crippen LogP contribution < -0.4 is 5.32 Å². The van der Waals surface area contributed by atoms with E-state index in [9.17, 15) is 9.18 Å². The van der Waals surface area contributed by atoms with E-state index >= 15 is 0 Å². The van der Waals surface area contributed by atoms with Gasteiger partial charge < -0.3 is 14.8 Å². The van der Waals surface area contributed by atoms with E-state index in [1.165, 1.54) is 6.07 Å². The fourth-order valence-electron chi connectivity index (χ4n) is 1.09. The summed E-state index contributed by atoms with van der Waals surface area (Å²) in [5.74, 6) is -0.132. The van der Waals surface area contributed by atoms with Crippen LogP contribution in [-0.4, -0.2) is 30.9 Å². The predicted molar refractivity (Wildman–Crippen MR) is 102 cm³/mol. The number of methoxy groups -OCH3 is 1. The van der Waals surface area contributed by atoms with Crippen molar-refractivity contribution in [3.8, 4) is 0 Å². The molecule has 5 heteroatoms. The molecular formula is C20H36FNO3. The molecule has 0 bridgehead atoms. The number of aryl methyl sites for hydroxylation is 1. The van der Waals surface area contributed by atoms with Crippen molar-refractivity contribution in [2.24, 2.45) is 0 Å². The van der Waals surface area contributed by atoms with E-state index in [0.29, 0.717) is 12.1 Å². The zero-order chi connectivity index (χ0) is 20.1. The van der Waals surface area contributed by atoms with Gasteiger partial charge in [-0.3, -0.25) is 0 Å². The molecule has 1 aromatic carbocycles. The monoisotopic (exact) mass is 357 g/mol. The second-order valence-electron chi connectivity index (χ2n) is 7.49. The van der Waals surface area contributed by atoms with E-state index in [1.807, 2.05) is 54.5 Å². The first-order valence-corrected chi connectivity index (χ1v) is 8.55. The van der Waals surface area contributed by atoms with Crippen LogP contribution in [-0.2, 0) is 9.47 Å². The molecule has 0 saturated carbocycles. The minimum atomic E-state index is -0.391. The number of hydrogen-bond donors (Lipinski definition) is 1. The molecule has 0 aromatic heterocycles. The van der Waals surface area contributed by atoms with Crippen LogP contribution in [0.15, 0.2) is 24.3 Å². The van der Waals surface area contributed by atoms with E-state index in [4.69, 9.17) is 9.47 Å². The summed E-state index contributed by atoms with van der Waals surface area (Å²) in [5.41, 5.74) is 0.352. The van der Waals surface area contributed by atoms with Gasteiger partial charge in [0.05, 0.1) is 5.60 Å². The highest BCUT2D eigenvalue weighted by molar-refractivity contribution is 5.67. The van der Waals surface area contributed by atoms with Gasteiger partial charge in [0.2, 0.25) is 0 Å². The number of benzene rings is 1. The van der Waals surface area contributed by atoms with Crippen molar-refractivity contribution in [1.82, 2.24) is 5.32 Å². The van der Waals surface area contributed by atoms with Crippen LogP contribution in [0.3, 0.4) is 0 Å². The molecule has 1 rings (SSSR count). The molecule has 0 aliphatic rings. The lowest BCUT2D eigenvalue weighted by Gasteiger charge is -2.19. The first-order chi connectivity index (χ1) is 11.3. The zero-order valence-corrected chi connectivity index (χ0v) is 17.3. The van der Waals surface area contributed by atoms with Gasteiger partial charge in [-0.15, -0.1) is 0 Å². The summed E-state index contributed by atoms with van der Waals surface area (Å²) >= 11 is 0. The number of carbonyl (C=O) groups is 1. The van der Waals surface area contributed by atoms with Gasteiger partial charge in [-0.25, -0.2) is 9.18 Å². The molecule has 25 heavy (non-hydrogen) atoms. The molecular weight excluding hydrogens is 321 g/mol. The fraction of sp³-hybridized carbons (Fsp3) is 0.650. The lowest BCUT2D eigenvalue weighted by atomic mass is 10.2. The van der Waals surface area contributed by atoms with Crippen molar-refractivity contribution in [2.45, 2.75) is 73.0 Å². The average molecular weight is 358 g/mol. The normalized spacial score (nSPS) is 10.6. The van der Waals surface area contributed by atoms with Crippen LogP contribution in [0.5, 0.6) is 0 Å². The highest BCUT2D eigenvalue weighted by Gasteiger charge is 2.14. The molecule has 0 aliphatic heterocycles. The van der Waals surface area contributed by atoms with Gasteiger partial charge >= 0.3 is 6.09 Å². The van der Waals surface area contributed by atoms with Crippen molar-refractivity contribution in [3.05, 3.63) is 35.6 Å². The lowest BCUT2D eigenvalue weighted by Crippen LogP contribution is -2.32. The average Bonchev–Trinajstić information content (AvgIpc) is 2.47. The van der Waals surface area contributed by atoms with E-state index in [1.54, 1.807) is 26.2 Å². The third-order valence-electron chi connectivity index (χ3n) is 2.61. The van der Waals surface area contributed by atoms with Crippen LogP contribution in [0.4, 0.5) is 9.18 Å². The predicted octanol–water partition coefficient (Wildman–Crippen LogP) is 5.49. The molecule has 0 aliphatic carbocycles. The van der Waals surface area contributed by atoms with Crippen molar-refractivity contribution in [2.75, 3.05) is 13.7 Å². The Balaban J connectivity index is 0. The van der Waals surface area contributed by atoms with Gasteiger partial charge in [0, 0.05) is 13.7 Å². The van der Waals surface area contributed by atoms with Gasteiger partial charge in [-0.1, -0.05) is 25.1 Å². The number of ether oxygens (including phenoxy) is 2. The molecule has 1 aromatic rings. The van der Waals surface area contributed by atoms with Crippen LogP contribution in [0, 0.1) is 12.7 Å². The first-order valence-electron chi connectivity index (χ1n) is 8.55. The summed E-state index contributed by atoms with van der Waals surface area (Å²) in [6.45, 7) is 16.0. The number of amides is 1. The lowest BCUT2D eigenvalue weighted by molar-refractivity contribution is 0.0397. The summed E-state index contributed by atoms with van der Waals surface area (Å²) in [6.07, 6.45) is 0.596. The smallest absolute Gasteiger partial charge is 0.407 e. The second kappa shape index (κ2) is 12.7. The Labute approximate surface area is 153 Å². The summed E-state index contributed by atoms with van der Waals surface area (Å²) in [4.78, 5) is 10.9. The van der Waals surface area contributed by atoms with Crippen LogP contribution in [0.25, 0.3) is 0 Å². The van der Waals surface area contributed by atoms with Crippen molar-refractivity contribution < 1.29 is 18.7 Å². The fourth-order valence-corrected chi connectivity index (χ4v) is 1.09. The van der Waals surface area contributed by atoms with Crippen molar-refractivity contribution in [3.63, 3.8) is 0 Å². The maximum absolute atomic E-state index is 12.3. The molecule has 1 N–H and O–H groups in total. The standard InChI is InChI=1S/C8H17NO2.C7H7F.C5H12O/c1-5-6-9-7(10)11-8(2,3)4;1-6-4-2-3-5-7(6)8;1-5(2,3)6-4/h5-6H2,1-4H3,(H,9,10);2-5H,1H3;1-4H3. The van der Waals surface area contributed by atoms with E-state index < -0.39 is 5.60 Å². The Morgan fingerprint density at radius 1 is 1.08 bits per heavy atom. The Bertz CT molecular complexity index is 456. The third-order valence-corrected chi connectivity index (χ3v) is 2.61.